The first-order chi connectivity index (χ1) is 10.4. The number of nitrogens with zero attached hydrogens (tertiary/aromatic N) is 2. The van der Waals surface area contributed by atoms with Gasteiger partial charge in [0.25, 0.3) is 5.91 Å². The molecule has 1 aromatic carbocycles. The van der Waals surface area contributed by atoms with Gasteiger partial charge in [-0.25, -0.2) is 5.01 Å². The number of hydrogen-bond acceptors (Lipinski definition) is 4. The molecule has 1 heterocycles. The predicted octanol–water partition coefficient (Wildman–Crippen LogP) is 1.02. The van der Waals surface area contributed by atoms with Gasteiger partial charge in [0.2, 0.25) is 5.91 Å². The van der Waals surface area contributed by atoms with E-state index in [4.69, 9.17) is 5.73 Å². The summed E-state index contributed by atoms with van der Waals surface area (Å²) >= 11 is 0. The highest BCUT2D eigenvalue weighted by atomic mass is 16.2. The summed E-state index contributed by atoms with van der Waals surface area (Å²) in [7, 11) is 1.57. The molecule has 0 saturated heterocycles. The first kappa shape index (κ1) is 16.2. The number of hydrazone groups is 1. The minimum Gasteiger partial charge on any atom is -0.339 e. The molecule has 2 amide bonds. The second kappa shape index (κ2) is 6.70. The van der Waals surface area contributed by atoms with Gasteiger partial charge in [-0.05, 0) is 17.9 Å². The van der Waals surface area contributed by atoms with Crippen LogP contribution < -0.4 is 11.1 Å². The number of amides is 2. The number of likely N-dealkylation sites (N-methyl/N-ethyl adjacent to an activating group) is 1. The van der Waals surface area contributed by atoms with Gasteiger partial charge >= 0.3 is 0 Å². The maximum Gasteiger partial charge on any atom is 0.269 e. The van der Waals surface area contributed by atoms with Crippen LogP contribution in [0.3, 0.4) is 0 Å². The molecule has 1 unspecified atom stereocenters. The molecule has 6 nitrogen and oxygen atoms in total. The number of nitrogens with one attached hydrogen (secondary N) is 1. The molecule has 22 heavy (non-hydrogen) atoms. The van der Waals surface area contributed by atoms with Gasteiger partial charge in [0.15, 0.2) is 0 Å². The van der Waals surface area contributed by atoms with Crippen molar-refractivity contribution in [1.29, 1.82) is 0 Å². The smallest absolute Gasteiger partial charge is 0.269 e. The van der Waals surface area contributed by atoms with Gasteiger partial charge in [-0.2, -0.15) is 5.10 Å². The van der Waals surface area contributed by atoms with E-state index in [1.54, 1.807) is 13.3 Å². The third kappa shape index (κ3) is 3.51. The first-order valence-corrected chi connectivity index (χ1v) is 7.36. The Morgan fingerprint density at radius 3 is 2.77 bits per heavy atom. The second-order valence-corrected chi connectivity index (χ2v) is 5.91. The van der Waals surface area contributed by atoms with E-state index in [9.17, 15) is 9.59 Å². The van der Waals surface area contributed by atoms with E-state index in [1.165, 1.54) is 5.01 Å². The van der Waals surface area contributed by atoms with Crippen LogP contribution in [-0.2, 0) is 9.59 Å². The number of fused-ring (bicyclic) bond motifs is 1. The fourth-order valence-corrected chi connectivity index (χ4v) is 2.42. The summed E-state index contributed by atoms with van der Waals surface area (Å²) in [6, 6.07) is 5.97. The predicted molar refractivity (Wildman–Crippen MR) is 85.1 cm³/mol. The van der Waals surface area contributed by atoms with Crippen molar-refractivity contribution in [3.8, 4) is 0 Å². The van der Waals surface area contributed by atoms with Crippen molar-refractivity contribution in [3.05, 3.63) is 35.4 Å². The Balaban J connectivity index is 2.25. The fraction of sp³-hybridized carbons (Fsp3) is 0.438. The van der Waals surface area contributed by atoms with Gasteiger partial charge in [0.1, 0.15) is 6.04 Å². The third-order valence-corrected chi connectivity index (χ3v) is 3.59. The highest BCUT2D eigenvalue weighted by molar-refractivity contribution is 5.95. The van der Waals surface area contributed by atoms with E-state index in [2.05, 4.69) is 10.4 Å². The van der Waals surface area contributed by atoms with Crippen LogP contribution >= 0.6 is 0 Å². The molecule has 1 aliphatic rings. The van der Waals surface area contributed by atoms with Gasteiger partial charge in [0.05, 0.1) is 12.3 Å². The highest BCUT2D eigenvalue weighted by Crippen LogP contribution is 2.22. The molecular formula is C16H22N4O2. The lowest BCUT2D eigenvalue weighted by atomic mass is 9.99. The molecule has 0 bridgehead atoms. The van der Waals surface area contributed by atoms with Crippen molar-refractivity contribution in [2.24, 2.45) is 16.8 Å². The lowest BCUT2D eigenvalue weighted by Gasteiger charge is -2.23. The summed E-state index contributed by atoms with van der Waals surface area (Å²) in [4.78, 5) is 24.7. The number of benzene rings is 1. The maximum absolute atomic E-state index is 12.4. The van der Waals surface area contributed by atoms with Crippen molar-refractivity contribution in [3.63, 3.8) is 0 Å². The number of carbonyl (C=O) groups is 2. The Morgan fingerprint density at radius 1 is 1.41 bits per heavy atom. The Bertz CT molecular complexity index is 598. The number of rotatable bonds is 4. The summed E-state index contributed by atoms with van der Waals surface area (Å²) in [5.41, 5.74) is 7.44. The zero-order valence-electron chi connectivity index (χ0n) is 13.1. The van der Waals surface area contributed by atoms with Crippen LogP contribution in [0.1, 0.15) is 37.4 Å². The topological polar surface area (TPSA) is 87.8 Å². The van der Waals surface area contributed by atoms with Crippen LogP contribution in [0.4, 0.5) is 0 Å². The Kier molecular flexibility index (Phi) is 4.92. The zero-order chi connectivity index (χ0) is 16.3. The molecule has 1 aromatic rings. The van der Waals surface area contributed by atoms with Crippen LogP contribution in [0.25, 0.3) is 0 Å². The number of nitrogens with two attached hydrogens (primary N) is 1. The molecule has 1 aliphatic heterocycles. The lowest BCUT2D eigenvalue weighted by Crippen LogP contribution is -2.46. The molecule has 2 atom stereocenters. The van der Waals surface area contributed by atoms with Crippen molar-refractivity contribution in [1.82, 2.24) is 10.3 Å². The minimum absolute atomic E-state index is 0.286. The molecule has 0 fully saturated rings. The normalized spacial score (nSPS) is 18.9. The summed E-state index contributed by atoms with van der Waals surface area (Å²) < 4.78 is 0. The van der Waals surface area contributed by atoms with Crippen LogP contribution in [0.15, 0.2) is 29.4 Å². The summed E-state index contributed by atoms with van der Waals surface area (Å²) in [6.07, 6.45) is 2.19. The van der Waals surface area contributed by atoms with E-state index in [-0.39, 0.29) is 11.8 Å². The van der Waals surface area contributed by atoms with Crippen LogP contribution in [0, 0.1) is 5.92 Å². The van der Waals surface area contributed by atoms with E-state index < -0.39 is 12.1 Å². The van der Waals surface area contributed by atoms with Crippen LogP contribution in [0.5, 0.6) is 0 Å². The monoisotopic (exact) mass is 302 g/mol. The summed E-state index contributed by atoms with van der Waals surface area (Å²) in [5, 5.41) is 8.07. The Morgan fingerprint density at radius 2 is 2.09 bits per heavy atom. The van der Waals surface area contributed by atoms with Crippen molar-refractivity contribution in [2.45, 2.75) is 32.4 Å². The van der Waals surface area contributed by atoms with Gasteiger partial charge in [-0.15, -0.1) is 0 Å². The van der Waals surface area contributed by atoms with Crippen LogP contribution in [-0.4, -0.2) is 36.1 Å². The molecule has 0 aromatic heterocycles. The van der Waals surface area contributed by atoms with E-state index in [0.717, 1.165) is 11.1 Å². The Hall–Kier alpha value is -2.21. The lowest BCUT2D eigenvalue weighted by molar-refractivity contribution is -0.135. The zero-order valence-corrected chi connectivity index (χ0v) is 13.1. The maximum atomic E-state index is 12.4. The third-order valence-electron chi connectivity index (χ3n) is 3.59. The fourth-order valence-electron chi connectivity index (χ4n) is 2.42. The number of carbonyl (C=O) groups excluding carboxylic acids is 2. The van der Waals surface area contributed by atoms with Crippen molar-refractivity contribution in [2.75, 3.05) is 7.05 Å². The highest BCUT2D eigenvalue weighted by Gasteiger charge is 2.30. The molecule has 2 rings (SSSR count). The average molecular weight is 302 g/mol. The molecule has 6 heteroatoms. The standard InChI is InChI=1S/C16H22N4O2/c1-10(2)8-13(17)15(21)19-14-12-7-5-4-6-11(12)9-18-20(3)16(14)22/h4-7,9-10,13-14H,8,17H2,1-3H3,(H,19,21)/t13-,14?/m0/s1. The van der Waals surface area contributed by atoms with E-state index in [0.29, 0.717) is 12.3 Å². The van der Waals surface area contributed by atoms with Crippen molar-refractivity contribution < 1.29 is 9.59 Å². The molecule has 0 spiro atoms. The quantitative estimate of drug-likeness (QED) is 0.870. The van der Waals surface area contributed by atoms with Gasteiger partial charge in [0, 0.05) is 12.6 Å². The SMILES string of the molecule is CC(C)C[C@H](N)C(=O)NC1C(=O)N(C)N=Cc2ccccc21. The molecule has 0 saturated carbocycles. The molecular weight excluding hydrogens is 280 g/mol. The largest absolute Gasteiger partial charge is 0.339 e. The Labute approximate surface area is 130 Å². The van der Waals surface area contributed by atoms with E-state index in [1.807, 2.05) is 38.1 Å². The van der Waals surface area contributed by atoms with Gasteiger partial charge in [-0.1, -0.05) is 38.1 Å². The van der Waals surface area contributed by atoms with Crippen molar-refractivity contribution >= 4 is 18.0 Å². The summed E-state index contributed by atoms with van der Waals surface area (Å²) in [5.74, 6) is -0.299. The molecule has 0 aliphatic carbocycles. The molecule has 0 radical (unpaired) electrons. The molecule has 3 N–H and O–H groups in total. The second-order valence-electron chi connectivity index (χ2n) is 5.91. The van der Waals surface area contributed by atoms with E-state index >= 15 is 0 Å². The van der Waals surface area contributed by atoms with Crippen LogP contribution in [0.2, 0.25) is 0 Å². The van der Waals surface area contributed by atoms with Gasteiger partial charge in [-0.3, -0.25) is 9.59 Å². The van der Waals surface area contributed by atoms with Gasteiger partial charge < -0.3 is 11.1 Å². The summed E-state index contributed by atoms with van der Waals surface area (Å²) in [6.45, 7) is 4.00. The molecule has 118 valence electrons. The first-order valence-electron chi connectivity index (χ1n) is 7.36. The number of hydrogen-bond donors (Lipinski definition) is 2. The average Bonchev–Trinajstić information content (AvgIpc) is 2.59. The minimum atomic E-state index is -0.769.